The van der Waals surface area contributed by atoms with Crippen molar-refractivity contribution in [2.75, 3.05) is 6.54 Å². The minimum atomic E-state index is 0.138. The summed E-state index contributed by atoms with van der Waals surface area (Å²) in [6.07, 6.45) is 5.87. The molecule has 0 aliphatic rings. The van der Waals surface area contributed by atoms with E-state index in [1.54, 1.807) is 6.20 Å². The number of rotatable bonds is 3. The van der Waals surface area contributed by atoms with Crippen molar-refractivity contribution in [2.24, 2.45) is 0 Å². The van der Waals surface area contributed by atoms with E-state index in [9.17, 15) is 0 Å². The number of benzene rings is 1. The van der Waals surface area contributed by atoms with Gasteiger partial charge in [-0.25, -0.2) is 4.98 Å². The van der Waals surface area contributed by atoms with Gasteiger partial charge in [-0.05, 0) is 39.0 Å². The van der Waals surface area contributed by atoms with Crippen LogP contribution < -0.4 is 5.32 Å². The molecule has 0 amide bonds. The Labute approximate surface area is 108 Å². The van der Waals surface area contributed by atoms with Crippen LogP contribution in [0.4, 0.5) is 0 Å². The monoisotopic (exact) mass is 241 g/mol. The van der Waals surface area contributed by atoms with Crippen molar-refractivity contribution in [1.29, 1.82) is 0 Å². The minimum absolute atomic E-state index is 0.138. The molecule has 1 N–H and O–H groups in total. The van der Waals surface area contributed by atoms with Gasteiger partial charge in [-0.15, -0.1) is 0 Å². The number of para-hydroxylation sites is 2. The molecule has 2 aromatic rings. The molecule has 2 rings (SSSR count). The molecule has 1 heterocycles. The molecule has 0 atom stereocenters. The first kappa shape index (κ1) is 12.7. The van der Waals surface area contributed by atoms with Gasteiger partial charge in [-0.3, -0.25) is 4.98 Å². The lowest BCUT2D eigenvalue weighted by atomic mass is 10.1. The topological polar surface area (TPSA) is 37.8 Å². The minimum Gasteiger partial charge on any atom is -0.309 e. The largest absolute Gasteiger partial charge is 0.309 e. The smallest absolute Gasteiger partial charge is 0.0894 e. The van der Waals surface area contributed by atoms with E-state index in [0.717, 1.165) is 23.3 Å². The van der Waals surface area contributed by atoms with Gasteiger partial charge in [0.05, 0.1) is 22.9 Å². The van der Waals surface area contributed by atoms with Gasteiger partial charge in [0.25, 0.3) is 0 Å². The SMILES string of the molecule is CC(C)(C)NCC=Cc1cnc2ccccc2n1. The van der Waals surface area contributed by atoms with Crippen molar-refractivity contribution in [1.82, 2.24) is 15.3 Å². The first-order valence-electron chi connectivity index (χ1n) is 6.18. The molecule has 0 aliphatic heterocycles. The highest BCUT2D eigenvalue weighted by Gasteiger charge is 2.05. The summed E-state index contributed by atoms with van der Waals surface area (Å²) in [6, 6.07) is 7.90. The van der Waals surface area contributed by atoms with E-state index < -0.39 is 0 Å². The molecule has 94 valence electrons. The van der Waals surface area contributed by atoms with Gasteiger partial charge >= 0.3 is 0 Å². The molecule has 0 saturated heterocycles. The summed E-state index contributed by atoms with van der Waals surface area (Å²) in [5.41, 5.74) is 2.90. The quantitative estimate of drug-likeness (QED) is 0.897. The van der Waals surface area contributed by atoms with E-state index in [4.69, 9.17) is 0 Å². The fraction of sp³-hybridized carbons (Fsp3) is 0.333. The zero-order chi connectivity index (χ0) is 13.0. The third-order valence-corrected chi connectivity index (χ3v) is 2.51. The Kier molecular flexibility index (Phi) is 3.72. The van der Waals surface area contributed by atoms with E-state index in [2.05, 4.69) is 42.1 Å². The van der Waals surface area contributed by atoms with Gasteiger partial charge in [-0.2, -0.15) is 0 Å². The molecule has 0 aliphatic carbocycles. The highest BCUT2D eigenvalue weighted by molar-refractivity contribution is 5.74. The standard InChI is InChI=1S/C15H19N3/c1-15(2,3)17-10-6-7-12-11-16-13-8-4-5-9-14(13)18-12/h4-9,11,17H,10H2,1-3H3. The molecule has 3 heteroatoms. The second-order valence-electron chi connectivity index (χ2n) is 5.32. The van der Waals surface area contributed by atoms with Gasteiger partial charge in [0.2, 0.25) is 0 Å². The Bertz CT molecular complexity index is 553. The predicted molar refractivity (Wildman–Crippen MR) is 76.3 cm³/mol. The third kappa shape index (κ3) is 3.64. The van der Waals surface area contributed by atoms with E-state index in [1.807, 2.05) is 30.3 Å². The average Bonchev–Trinajstić information content (AvgIpc) is 2.33. The Balaban J connectivity index is 2.05. The van der Waals surface area contributed by atoms with Gasteiger partial charge in [0, 0.05) is 12.1 Å². The van der Waals surface area contributed by atoms with Crippen LogP contribution in [0.5, 0.6) is 0 Å². The lowest BCUT2D eigenvalue weighted by Gasteiger charge is -2.18. The van der Waals surface area contributed by atoms with Gasteiger partial charge in [0.15, 0.2) is 0 Å². The molecule has 0 saturated carbocycles. The Morgan fingerprint density at radius 2 is 1.89 bits per heavy atom. The molecule has 1 aromatic carbocycles. The Morgan fingerprint density at radius 1 is 1.17 bits per heavy atom. The van der Waals surface area contributed by atoms with Gasteiger partial charge < -0.3 is 5.32 Å². The van der Waals surface area contributed by atoms with Crippen LogP contribution in [0.1, 0.15) is 26.5 Å². The fourth-order valence-electron chi connectivity index (χ4n) is 1.60. The molecule has 0 spiro atoms. The van der Waals surface area contributed by atoms with Gasteiger partial charge in [0.1, 0.15) is 0 Å². The van der Waals surface area contributed by atoms with Crippen LogP contribution in [0.15, 0.2) is 36.5 Å². The molecule has 3 nitrogen and oxygen atoms in total. The van der Waals surface area contributed by atoms with Crippen molar-refractivity contribution in [3.05, 3.63) is 42.2 Å². The molecule has 0 unspecified atom stereocenters. The lowest BCUT2D eigenvalue weighted by molar-refractivity contribution is 0.450. The summed E-state index contributed by atoms with van der Waals surface area (Å²) in [4.78, 5) is 8.91. The van der Waals surface area contributed by atoms with E-state index >= 15 is 0 Å². The summed E-state index contributed by atoms with van der Waals surface area (Å²) in [6.45, 7) is 7.28. The van der Waals surface area contributed by atoms with Crippen molar-refractivity contribution < 1.29 is 0 Å². The highest BCUT2D eigenvalue weighted by Crippen LogP contribution is 2.09. The molecule has 0 fully saturated rings. The predicted octanol–water partition coefficient (Wildman–Crippen LogP) is 3.03. The fourth-order valence-corrected chi connectivity index (χ4v) is 1.60. The summed E-state index contributed by atoms with van der Waals surface area (Å²) in [5.74, 6) is 0. The zero-order valence-electron chi connectivity index (χ0n) is 11.1. The Hall–Kier alpha value is -1.74. The summed E-state index contributed by atoms with van der Waals surface area (Å²) in [7, 11) is 0. The maximum absolute atomic E-state index is 4.53. The normalized spacial score (nSPS) is 12.4. The summed E-state index contributed by atoms with van der Waals surface area (Å²) in [5, 5.41) is 3.39. The number of hydrogen-bond donors (Lipinski definition) is 1. The van der Waals surface area contributed by atoms with E-state index in [-0.39, 0.29) is 5.54 Å². The van der Waals surface area contributed by atoms with Crippen LogP contribution in [-0.2, 0) is 0 Å². The Morgan fingerprint density at radius 3 is 2.61 bits per heavy atom. The number of aromatic nitrogens is 2. The van der Waals surface area contributed by atoms with Crippen LogP contribution in [0.3, 0.4) is 0 Å². The van der Waals surface area contributed by atoms with E-state index in [1.165, 1.54) is 0 Å². The van der Waals surface area contributed by atoms with Crippen LogP contribution in [0.2, 0.25) is 0 Å². The summed E-state index contributed by atoms with van der Waals surface area (Å²) >= 11 is 0. The number of fused-ring (bicyclic) bond motifs is 1. The maximum atomic E-state index is 4.53. The highest BCUT2D eigenvalue weighted by atomic mass is 14.9. The number of nitrogens with zero attached hydrogens (tertiary/aromatic N) is 2. The van der Waals surface area contributed by atoms with Crippen molar-refractivity contribution in [2.45, 2.75) is 26.3 Å². The molecular formula is C15H19N3. The molecule has 0 bridgehead atoms. The van der Waals surface area contributed by atoms with Crippen molar-refractivity contribution >= 4 is 17.1 Å². The number of nitrogens with one attached hydrogen (secondary N) is 1. The summed E-state index contributed by atoms with van der Waals surface area (Å²) < 4.78 is 0. The first-order chi connectivity index (χ1) is 8.54. The van der Waals surface area contributed by atoms with Crippen LogP contribution >= 0.6 is 0 Å². The molecule has 1 aromatic heterocycles. The average molecular weight is 241 g/mol. The van der Waals surface area contributed by atoms with Crippen molar-refractivity contribution in [3.8, 4) is 0 Å². The van der Waals surface area contributed by atoms with Crippen LogP contribution in [0, 0.1) is 0 Å². The van der Waals surface area contributed by atoms with E-state index in [0.29, 0.717) is 0 Å². The van der Waals surface area contributed by atoms with Gasteiger partial charge in [-0.1, -0.05) is 18.2 Å². The third-order valence-electron chi connectivity index (χ3n) is 2.51. The lowest BCUT2D eigenvalue weighted by Crippen LogP contribution is -2.35. The van der Waals surface area contributed by atoms with Crippen LogP contribution in [0.25, 0.3) is 17.1 Å². The molecule has 0 radical (unpaired) electrons. The van der Waals surface area contributed by atoms with Crippen molar-refractivity contribution in [3.63, 3.8) is 0 Å². The number of hydrogen-bond acceptors (Lipinski definition) is 3. The maximum Gasteiger partial charge on any atom is 0.0894 e. The second kappa shape index (κ2) is 5.27. The second-order valence-corrected chi connectivity index (χ2v) is 5.32. The van der Waals surface area contributed by atoms with Crippen LogP contribution in [-0.4, -0.2) is 22.1 Å². The molecule has 18 heavy (non-hydrogen) atoms. The first-order valence-corrected chi connectivity index (χ1v) is 6.18. The molecular weight excluding hydrogens is 222 g/mol. The zero-order valence-corrected chi connectivity index (χ0v) is 11.1.